The van der Waals surface area contributed by atoms with Crippen LogP contribution in [0.1, 0.15) is 66.2 Å². The molecule has 0 aliphatic heterocycles. The van der Waals surface area contributed by atoms with Crippen molar-refractivity contribution in [1.82, 2.24) is 4.98 Å². The molecule has 2 aromatic rings. The highest BCUT2D eigenvalue weighted by atomic mass is 16.1. The fraction of sp³-hybridized carbons (Fsp3) is 0.400. The zero-order valence-corrected chi connectivity index (χ0v) is 13.6. The number of carbonyl (C=O) groups is 1. The number of ketones is 1. The molecule has 1 aromatic heterocycles. The summed E-state index contributed by atoms with van der Waals surface area (Å²) in [5, 5.41) is 0. The number of rotatable bonds is 8. The van der Waals surface area contributed by atoms with E-state index >= 15 is 0 Å². The summed E-state index contributed by atoms with van der Waals surface area (Å²) in [6.45, 7) is 4.16. The average molecular weight is 295 g/mol. The van der Waals surface area contributed by atoms with Crippen LogP contribution in [0.15, 0.2) is 42.6 Å². The molecule has 2 nitrogen and oxygen atoms in total. The van der Waals surface area contributed by atoms with E-state index in [9.17, 15) is 4.79 Å². The molecule has 0 N–H and O–H groups in total. The van der Waals surface area contributed by atoms with Gasteiger partial charge in [-0.25, -0.2) is 0 Å². The van der Waals surface area contributed by atoms with Gasteiger partial charge < -0.3 is 0 Å². The molecule has 0 atom stereocenters. The van der Waals surface area contributed by atoms with E-state index < -0.39 is 0 Å². The second-order valence-corrected chi connectivity index (χ2v) is 5.86. The number of unbranched alkanes of at least 4 members (excludes halogenated alkanes) is 4. The Bertz CT molecular complexity index is 601. The first-order valence-electron chi connectivity index (χ1n) is 8.27. The Morgan fingerprint density at radius 1 is 1.00 bits per heavy atom. The van der Waals surface area contributed by atoms with Gasteiger partial charge in [-0.3, -0.25) is 9.78 Å². The molecule has 0 unspecified atom stereocenters. The smallest absolute Gasteiger partial charge is 0.211 e. The van der Waals surface area contributed by atoms with Gasteiger partial charge in [0.2, 0.25) is 5.78 Å². The van der Waals surface area contributed by atoms with Crippen LogP contribution in [0.5, 0.6) is 0 Å². The molecule has 0 aliphatic carbocycles. The van der Waals surface area contributed by atoms with Gasteiger partial charge in [-0.05, 0) is 37.0 Å². The molecule has 0 aliphatic rings. The molecule has 22 heavy (non-hydrogen) atoms. The fourth-order valence-electron chi connectivity index (χ4n) is 2.62. The Morgan fingerprint density at radius 3 is 2.41 bits per heavy atom. The molecular weight excluding hydrogens is 270 g/mol. The molecule has 0 saturated heterocycles. The van der Waals surface area contributed by atoms with Gasteiger partial charge in [0.1, 0.15) is 5.69 Å². The Labute approximate surface area is 133 Å². The van der Waals surface area contributed by atoms with Crippen LogP contribution in [0.4, 0.5) is 0 Å². The Hall–Kier alpha value is -1.96. The van der Waals surface area contributed by atoms with Crippen molar-refractivity contribution in [3.63, 3.8) is 0 Å². The highest BCUT2D eigenvalue weighted by molar-refractivity contribution is 6.08. The third-order valence-corrected chi connectivity index (χ3v) is 4.01. The topological polar surface area (TPSA) is 30.0 Å². The number of hydrogen-bond donors (Lipinski definition) is 0. The largest absolute Gasteiger partial charge is 0.287 e. The predicted octanol–water partition coefficient (Wildman–Crippen LogP) is 5.13. The lowest BCUT2D eigenvalue weighted by molar-refractivity contribution is 0.103. The van der Waals surface area contributed by atoms with E-state index in [2.05, 4.69) is 24.0 Å². The summed E-state index contributed by atoms with van der Waals surface area (Å²) in [5.74, 6) is 0.00703. The van der Waals surface area contributed by atoms with Crippen molar-refractivity contribution in [3.8, 4) is 0 Å². The average Bonchev–Trinajstić information content (AvgIpc) is 2.55. The fourth-order valence-corrected chi connectivity index (χ4v) is 2.62. The van der Waals surface area contributed by atoms with Crippen LogP contribution in [-0.2, 0) is 6.42 Å². The summed E-state index contributed by atoms with van der Waals surface area (Å²) in [7, 11) is 0. The van der Waals surface area contributed by atoms with Crippen molar-refractivity contribution in [2.75, 3.05) is 0 Å². The number of aryl methyl sites for hydroxylation is 2. The maximum absolute atomic E-state index is 12.4. The highest BCUT2D eigenvalue weighted by Gasteiger charge is 2.12. The van der Waals surface area contributed by atoms with E-state index in [-0.39, 0.29) is 5.78 Å². The van der Waals surface area contributed by atoms with Gasteiger partial charge in [-0.2, -0.15) is 0 Å². The summed E-state index contributed by atoms with van der Waals surface area (Å²) >= 11 is 0. The van der Waals surface area contributed by atoms with Crippen molar-refractivity contribution < 1.29 is 4.79 Å². The third kappa shape index (κ3) is 4.52. The molecule has 0 amide bonds. The molecule has 0 bridgehead atoms. The van der Waals surface area contributed by atoms with E-state index in [0.29, 0.717) is 5.69 Å². The minimum absolute atomic E-state index is 0.00703. The van der Waals surface area contributed by atoms with Crippen molar-refractivity contribution >= 4 is 5.78 Å². The van der Waals surface area contributed by atoms with Crippen LogP contribution in [0.25, 0.3) is 0 Å². The summed E-state index contributed by atoms with van der Waals surface area (Å²) < 4.78 is 0. The predicted molar refractivity (Wildman–Crippen MR) is 91.3 cm³/mol. The number of benzene rings is 1. The lowest BCUT2D eigenvalue weighted by Crippen LogP contribution is -2.06. The molecule has 116 valence electrons. The van der Waals surface area contributed by atoms with Gasteiger partial charge in [0.05, 0.1) is 0 Å². The van der Waals surface area contributed by atoms with Crippen LogP contribution in [0, 0.1) is 6.92 Å². The molecule has 0 spiro atoms. The number of carbonyl (C=O) groups excluding carboxylic acids is 1. The second kappa shape index (κ2) is 8.47. The number of pyridine rings is 1. The monoisotopic (exact) mass is 295 g/mol. The minimum Gasteiger partial charge on any atom is -0.287 e. The van der Waals surface area contributed by atoms with E-state index in [1.54, 1.807) is 6.20 Å². The van der Waals surface area contributed by atoms with E-state index in [0.717, 1.165) is 17.5 Å². The Balaban J connectivity index is 1.94. The summed E-state index contributed by atoms with van der Waals surface area (Å²) in [6, 6.07) is 11.8. The molecular formula is C20H25NO. The van der Waals surface area contributed by atoms with Crippen LogP contribution in [0.2, 0.25) is 0 Å². The lowest BCUT2D eigenvalue weighted by Gasteiger charge is -2.05. The first-order chi connectivity index (χ1) is 10.7. The van der Waals surface area contributed by atoms with Gasteiger partial charge in [0.15, 0.2) is 0 Å². The quantitative estimate of drug-likeness (QED) is 0.499. The van der Waals surface area contributed by atoms with Gasteiger partial charge in [0, 0.05) is 11.8 Å². The third-order valence-electron chi connectivity index (χ3n) is 4.01. The minimum atomic E-state index is 0.00703. The molecule has 0 fully saturated rings. The first-order valence-corrected chi connectivity index (χ1v) is 8.27. The van der Waals surface area contributed by atoms with E-state index in [1.807, 2.05) is 31.2 Å². The number of aromatic nitrogens is 1. The molecule has 1 aromatic carbocycles. The maximum atomic E-state index is 12.4. The number of nitrogens with zero attached hydrogens (tertiary/aromatic N) is 1. The Morgan fingerprint density at radius 2 is 1.73 bits per heavy atom. The maximum Gasteiger partial charge on any atom is 0.211 e. The van der Waals surface area contributed by atoms with Gasteiger partial charge in [-0.15, -0.1) is 0 Å². The first kappa shape index (κ1) is 16.4. The lowest BCUT2D eigenvalue weighted by atomic mass is 10.0. The standard InChI is InChI=1S/C20H25NO/c1-3-4-5-6-7-10-17-11-13-18(14-12-17)20(22)19-16(2)9-8-15-21-19/h8-9,11-15H,3-7,10H2,1-2H3. The Kier molecular flexibility index (Phi) is 6.32. The van der Waals surface area contributed by atoms with E-state index in [4.69, 9.17) is 0 Å². The second-order valence-electron chi connectivity index (χ2n) is 5.86. The van der Waals surface area contributed by atoms with E-state index in [1.165, 1.54) is 37.7 Å². The van der Waals surface area contributed by atoms with Gasteiger partial charge >= 0.3 is 0 Å². The molecule has 2 rings (SSSR count). The number of hydrogen-bond acceptors (Lipinski definition) is 2. The molecule has 2 heteroatoms. The van der Waals surface area contributed by atoms with Crippen molar-refractivity contribution in [2.24, 2.45) is 0 Å². The SMILES string of the molecule is CCCCCCCc1ccc(C(=O)c2ncccc2C)cc1. The molecule has 0 saturated carbocycles. The van der Waals surface area contributed by atoms with Crippen LogP contribution in [-0.4, -0.2) is 10.8 Å². The van der Waals surface area contributed by atoms with Crippen molar-refractivity contribution in [3.05, 3.63) is 65.0 Å². The van der Waals surface area contributed by atoms with Crippen molar-refractivity contribution in [2.45, 2.75) is 52.4 Å². The van der Waals surface area contributed by atoms with Crippen LogP contribution in [0.3, 0.4) is 0 Å². The van der Waals surface area contributed by atoms with Crippen LogP contribution < -0.4 is 0 Å². The zero-order chi connectivity index (χ0) is 15.8. The van der Waals surface area contributed by atoms with Gasteiger partial charge in [0.25, 0.3) is 0 Å². The highest BCUT2D eigenvalue weighted by Crippen LogP contribution is 2.14. The summed E-state index contributed by atoms with van der Waals surface area (Å²) in [4.78, 5) is 16.7. The van der Waals surface area contributed by atoms with Crippen LogP contribution >= 0.6 is 0 Å². The summed E-state index contributed by atoms with van der Waals surface area (Å²) in [6.07, 6.45) is 9.23. The molecule has 0 radical (unpaired) electrons. The summed E-state index contributed by atoms with van der Waals surface area (Å²) in [5.41, 5.74) is 3.50. The molecule has 1 heterocycles. The van der Waals surface area contributed by atoms with Gasteiger partial charge in [-0.1, -0.05) is 62.9 Å². The van der Waals surface area contributed by atoms with Crippen molar-refractivity contribution in [1.29, 1.82) is 0 Å². The zero-order valence-electron chi connectivity index (χ0n) is 13.6. The normalized spacial score (nSPS) is 10.6.